The fraction of sp³-hybridized carbons (Fsp3) is 0.350. The average Bonchev–Trinajstić information content (AvgIpc) is 3.15. The second-order valence-corrected chi connectivity index (χ2v) is 6.91. The van der Waals surface area contributed by atoms with E-state index in [9.17, 15) is 4.79 Å². The molecular weight excluding hydrogens is 354 g/mol. The molecule has 8 nitrogen and oxygen atoms in total. The van der Waals surface area contributed by atoms with Crippen LogP contribution in [0.15, 0.2) is 48.9 Å². The summed E-state index contributed by atoms with van der Waals surface area (Å²) < 4.78 is 1.52. The van der Waals surface area contributed by atoms with Crippen molar-refractivity contribution in [3.63, 3.8) is 0 Å². The molecule has 1 fully saturated rings. The van der Waals surface area contributed by atoms with E-state index in [4.69, 9.17) is 0 Å². The highest BCUT2D eigenvalue weighted by molar-refractivity contribution is 5.94. The van der Waals surface area contributed by atoms with Gasteiger partial charge in [-0.1, -0.05) is 18.9 Å². The molecule has 0 bridgehead atoms. The van der Waals surface area contributed by atoms with Crippen LogP contribution >= 0.6 is 0 Å². The molecule has 3 heterocycles. The van der Waals surface area contributed by atoms with Crippen molar-refractivity contribution < 1.29 is 4.79 Å². The van der Waals surface area contributed by atoms with Crippen molar-refractivity contribution in [1.82, 2.24) is 30.5 Å². The number of pyridine rings is 1. The Kier molecular flexibility index (Phi) is 5.56. The van der Waals surface area contributed by atoms with E-state index in [1.807, 2.05) is 24.4 Å². The molecule has 0 saturated carbocycles. The van der Waals surface area contributed by atoms with E-state index in [1.54, 1.807) is 12.1 Å². The molecule has 8 heteroatoms. The number of rotatable bonds is 5. The van der Waals surface area contributed by atoms with Crippen LogP contribution in [-0.2, 0) is 6.54 Å². The molecule has 3 aromatic rings. The van der Waals surface area contributed by atoms with Gasteiger partial charge in [0.05, 0.1) is 5.69 Å². The number of aromatic nitrogens is 5. The van der Waals surface area contributed by atoms with Crippen LogP contribution in [0.5, 0.6) is 0 Å². The van der Waals surface area contributed by atoms with Gasteiger partial charge in [0.2, 0.25) is 0 Å². The summed E-state index contributed by atoms with van der Waals surface area (Å²) in [6.45, 7) is 2.55. The highest BCUT2D eigenvalue weighted by atomic mass is 16.1. The lowest BCUT2D eigenvalue weighted by molar-refractivity contribution is 0.0951. The number of hydrogen-bond acceptors (Lipinski definition) is 6. The van der Waals surface area contributed by atoms with Gasteiger partial charge in [-0.25, -0.2) is 9.67 Å². The largest absolute Gasteiger partial charge is 0.357 e. The van der Waals surface area contributed by atoms with Crippen molar-refractivity contribution >= 4 is 11.7 Å². The lowest BCUT2D eigenvalue weighted by Crippen LogP contribution is -2.26. The third kappa shape index (κ3) is 4.33. The molecule has 144 valence electrons. The van der Waals surface area contributed by atoms with Gasteiger partial charge in [0.1, 0.15) is 12.1 Å². The Morgan fingerprint density at radius 3 is 2.71 bits per heavy atom. The minimum Gasteiger partial charge on any atom is -0.357 e. The van der Waals surface area contributed by atoms with Crippen molar-refractivity contribution in [3.05, 3.63) is 60.0 Å². The molecule has 1 aliphatic rings. The molecule has 0 unspecified atom stereocenters. The molecule has 1 amide bonds. The maximum Gasteiger partial charge on any atom is 0.251 e. The highest BCUT2D eigenvalue weighted by Gasteiger charge is 2.12. The second-order valence-electron chi connectivity index (χ2n) is 6.91. The summed E-state index contributed by atoms with van der Waals surface area (Å²) in [5, 5.41) is 14.1. The first kappa shape index (κ1) is 18.1. The van der Waals surface area contributed by atoms with Gasteiger partial charge in [0.15, 0.2) is 0 Å². The quantitative estimate of drug-likeness (QED) is 0.734. The van der Waals surface area contributed by atoms with E-state index in [0.29, 0.717) is 12.1 Å². The van der Waals surface area contributed by atoms with Gasteiger partial charge in [-0.15, -0.1) is 5.10 Å². The first-order valence-electron chi connectivity index (χ1n) is 9.61. The second kappa shape index (κ2) is 8.60. The molecule has 0 atom stereocenters. The topological polar surface area (TPSA) is 88.8 Å². The number of tetrazole rings is 1. The summed E-state index contributed by atoms with van der Waals surface area (Å²) in [6.07, 6.45) is 8.31. The minimum atomic E-state index is -0.136. The molecule has 4 rings (SSSR count). The third-order valence-corrected chi connectivity index (χ3v) is 4.91. The molecule has 0 aliphatic carbocycles. The Morgan fingerprint density at radius 2 is 1.93 bits per heavy atom. The van der Waals surface area contributed by atoms with Crippen molar-refractivity contribution in [2.24, 2.45) is 0 Å². The van der Waals surface area contributed by atoms with Crippen LogP contribution in [0.25, 0.3) is 5.69 Å². The van der Waals surface area contributed by atoms with Crippen LogP contribution in [0.3, 0.4) is 0 Å². The molecule has 0 spiro atoms. The predicted octanol–water partition coefficient (Wildman–Crippen LogP) is 2.37. The normalized spacial score (nSPS) is 14.5. The zero-order valence-corrected chi connectivity index (χ0v) is 15.7. The van der Waals surface area contributed by atoms with Crippen molar-refractivity contribution in [2.45, 2.75) is 32.2 Å². The standard InChI is InChI=1S/C20H23N7O/c28-20(17-6-5-7-18(13-17)27-15-23-24-25-27)22-14-16-8-9-21-19(12-16)26-10-3-1-2-4-11-26/h5-9,12-13,15H,1-4,10-11,14H2,(H,22,28). The Bertz CT molecular complexity index is 918. The van der Waals surface area contributed by atoms with E-state index >= 15 is 0 Å². The monoisotopic (exact) mass is 377 g/mol. The van der Waals surface area contributed by atoms with Crippen LogP contribution in [-0.4, -0.2) is 44.2 Å². The van der Waals surface area contributed by atoms with E-state index in [-0.39, 0.29) is 5.91 Å². The molecule has 1 saturated heterocycles. The Hall–Kier alpha value is -3.29. The summed E-state index contributed by atoms with van der Waals surface area (Å²) >= 11 is 0. The van der Waals surface area contributed by atoms with Gasteiger partial charge in [-0.3, -0.25) is 4.79 Å². The van der Waals surface area contributed by atoms with E-state index < -0.39 is 0 Å². The van der Waals surface area contributed by atoms with Gasteiger partial charge >= 0.3 is 0 Å². The predicted molar refractivity (Wildman–Crippen MR) is 105 cm³/mol. The zero-order chi connectivity index (χ0) is 19.2. The maximum absolute atomic E-state index is 12.6. The summed E-state index contributed by atoms with van der Waals surface area (Å²) in [4.78, 5) is 19.4. The molecule has 1 aromatic carbocycles. The maximum atomic E-state index is 12.6. The highest BCUT2D eigenvalue weighted by Crippen LogP contribution is 2.18. The molecule has 28 heavy (non-hydrogen) atoms. The summed E-state index contributed by atoms with van der Waals surface area (Å²) in [5.41, 5.74) is 2.35. The molecule has 1 N–H and O–H groups in total. The summed E-state index contributed by atoms with van der Waals surface area (Å²) in [5.74, 6) is 0.859. The van der Waals surface area contributed by atoms with Crippen LogP contribution in [0.2, 0.25) is 0 Å². The third-order valence-electron chi connectivity index (χ3n) is 4.91. The number of benzene rings is 1. The van der Waals surface area contributed by atoms with Gasteiger partial charge in [-0.05, 0) is 59.2 Å². The number of nitrogens with zero attached hydrogens (tertiary/aromatic N) is 6. The lowest BCUT2D eigenvalue weighted by Gasteiger charge is -2.21. The van der Waals surface area contributed by atoms with Crippen LogP contribution in [0, 0.1) is 0 Å². The van der Waals surface area contributed by atoms with Gasteiger partial charge in [0.25, 0.3) is 5.91 Å². The van der Waals surface area contributed by atoms with Crippen molar-refractivity contribution in [2.75, 3.05) is 18.0 Å². The van der Waals surface area contributed by atoms with Gasteiger partial charge in [-0.2, -0.15) is 0 Å². The van der Waals surface area contributed by atoms with E-state index in [2.05, 4.69) is 36.8 Å². The number of carbonyl (C=O) groups excluding carboxylic acids is 1. The Balaban J connectivity index is 1.41. The van der Waals surface area contributed by atoms with E-state index in [1.165, 1.54) is 36.7 Å². The van der Waals surface area contributed by atoms with Crippen LogP contribution in [0.4, 0.5) is 5.82 Å². The molecule has 2 aromatic heterocycles. The molecule has 1 aliphatic heterocycles. The van der Waals surface area contributed by atoms with Crippen molar-refractivity contribution in [3.8, 4) is 5.69 Å². The van der Waals surface area contributed by atoms with E-state index in [0.717, 1.165) is 30.2 Å². The number of amides is 1. The summed E-state index contributed by atoms with van der Waals surface area (Å²) in [7, 11) is 0. The fourth-order valence-electron chi connectivity index (χ4n) is 3.40. The van der Waals surface area contributed by atoms with Crippen molar-refractivity contribution in [1.29, 1.82) is 0 Å². The first-order chi connectivity index (χ1) is 13.8. The number of hydrogen-bond donors (Lipinski definition) is 1. The molecular formula is C20H23N7O. The first-order valence-corrected chi connectivity index (χ1v) is 9.61. The number of nitrogens with one attached hydrogen (secondary N) is 1. The number of anilines is 1. The minimum absolute atomic E-state index is 0.136. The lowest BCUT2D eigenvalue weighted by atomic mass is 10.1. The Morgan fingerprint density at radius 1 is 1.07 bits per heavy atom. The average molecular weight is 377 g/mol. The number of carbonyl (C=O) groups is 1. The van der Waals surface area contributed by atoms with Crippen LogP contribution in [0.1, 0.15) is 41.6 Å². The SMILES string of the molecule is O=C(NCc1ccnc(N2CCCCCC2)c1)c1cccc(-n2cnnn2)c1. The van der Waals surface area contributed by atoms with Gasteiger partial charge < -0.3 is 10.2 Å². The van der Waals surface area contributed by atoms with Crippen LogP contribution < -0.4 is 10.2 Å². The smallest absolute Gasteiger partial charge is 0.251 e. The molecule has 0 radical (unpaired) electrons. The fourth-order valence-corrected chi connectivity index (χ4v) is 3.40. The zero-order valence-electron chi connectivity index (χ0n) is 15.7. The summed E-state index contributed by atoms with van der Waals surface area (Å²) in [6, 6.07) is 11.2. The van der Waals surface area contributed by atoms with Gasteiger partial charge in [0, 0.05) is 31.4 Å². The Labute approximate surface area is 163 Å².